The van der Waals surface area contributed by atoms with Crippen LogP contribution in [0.1, 0.15) is 23.6 Å². The number of H-pyrrole nitrogens is 1. The summed E-state index contributed by atoms with van der Waals surface area (Å²) in [5, 5.41) is 6.54. The molecule has 2 aromatic heterocycles. The number of fused-ring (bicyclic) bond motifs is 1. The lowest BCUT2D eigenvalue weighted by molar-refractivity contribution is -0.120. The molecular formula is C12H14N4O2. The van der Waals surface area contributed by atoms with Crippen LogP contribution in [-0.2, 0) is 17.6 Å². The molecule has 94 valence electrons. The Kier molecular flexibility index (Phi) is 2.62. The molecule has 1 aliphatic carbocycles. The molecule has 6 heteroatoms. The first-order valence-electron chi connectivity index (χ1n) is 5.97. The zero-order chi connectivity index (χ0) is 12.5. The first kappa shape index (κ1) is 11.0. The van der Waals surface area contributed by atoms with Crippen LogP contribution in [0.4, 0.5) is 5.82 Å². The molecule has 0 spiro atoms. The molecule has 2 heterocycles. The van der Waals surface area contributed by atoms with Crippen LogP contribution in [0.3, 0.4) is 0 Å². The molecule has 2 aromatic rings. The third-order valence-corrected chi connectivity index (χ3v) is 3.24. The molecule has 1 atom stereocenters. The average Bonchev–Trinajstić information content (AvgIpc) is 2.96. The number of aryl methyl sites for hydroxylation is 2. The molecule has 1 amide bonds. The van der Waals surface area contributed by atoms with E-state index >= 15 is 0 Å². The third-order valence-electron chi connectivity index (χ3n) is 3.24. The van der Waals surface area contributed by atoms with E-state index in [1.807, 2.05) is 0 Å². The maximum Gasteiger partial charge on any atom is 0.229 e. The summed E-state index contributed by atoms with van der Waals surface area (Å²) in [4.78, 5) is 19.4. The minimum Gasteiger partial charge on any atom is -0.360 e. The molecule has 0 radical (unpaired) electrons. The van der Waals surface area contributed by atoms with E-state index in [1.165, 1.54) is 0 Å². The van der Waals surface area contributed by atoms with Gasteiger partial charge in [-0.25, -0.2) is 4.98 Å². The van der Waals surface area contributed by atoms with E-state index in [2.05, 4.69) is 20.4 Å². The SMILES string of the molecule is Cc1cc(NC(=O)C2CCc3nc[nH]c3C2)no1. The van der Waals surface area contributed by atoms with E-state index < -0.39 is 0 Å². The highest BCUT2D eigenvalue weighted by Gasteiger charge is 2.26. The van der Waals surface area contributed by atoms with Gasteiger partial charge in [0.2, 0.25) is 5.91 Å². The van der Waals surface area contributed by atoms with Gasteiger partial charge in [0.15, 0.2) is 5.82 Å². The van der Waals surface area contributed by atoms with Crippen LogP contribution >= 0.6 is 0 Å². The summed E-state index contributed by atoms with van der Waals surface area (Å²) in [6, 6.07) is 1.71. The normalized spacial score (nSPS) is 18.4. The second-order valence-electron chi connectivity index (χ2n) is 4.58. The highest BCUT2D eigenvalue weighted by molar-refractivity contribution is 5.91. The number of anilines is 1. The van der Waals surface area contributed by atoms with E-state index in [0.29, 0.717) is 18.0 Å². The van der Waals surface area contributed by atoms with E-state index in [-0.39, 0.29) is 11.8 Å². The molecule has 0 aliphatic heterocycles. The van der Waals surface area contributed by atoms with Gasteiger partial charge in [-0.2, -0.15) is 0 Å². The number of aromatic nitrogens is 3. The maximum atomic E-state index is 12.1. The molecule has 2 N–H and O–H groups in total. The van der Waals surface area contributed by atoms with Crippen LogP contribution in [-0.4, -0.2) is 21.0 Å². The summed E-state index contributed by atoms with van der Waals surface area (Å²) in [6.07, 6.45) is 4.05. The van der Waals surface area contributed by atoms with E-state index in [9.17, 15) is 4.79 Å². The van der Waals surface area contributed by atoms with Crippen LogP contribution in [0.2, 0.25) is 0 Å². The van der Waals surface area contributed by atoms with Gasteiger partial charge in [-0.15, -0.1) is 0 Å². The zero-order valence-electron chi connectivity index (χ0n) is 10.1. The van der Waals surface area contributed by atoms with Gasteiger partial charge in [-0.3, -0.25) is 4.79 Å². The molecule has 1 aliphatic rings. The fourth-order valence-electron chi connectivity index (χ4n) is 2.28. The smallest absolute Gasteiger partial charge is 0.229 e. The highest BCUT2D eigenvalue weighted by atomic mass is 16.5. The van der Waals surface area contributed by atoms with Gasteiger partial charge in [-0.1, -0.05) is 5.16 Å². The highest BCUT2D eigenvalue weighted by Crippen LogP contribution is 2.24. The molecule has 6 nitrogen and oxygen atoms in total. The molecule has 0 fully saturated rings. The Labute approximate surface area is 104 Å². The number of imidazole rings is 1. The monoisotopic (exact) mass is 246 g/mol. The minimum absolute atomic E-state index is 0.0106. The zero-order valence-corrected chi connectivity index (χ0v) is 10.1. The minimum atomic E-state index is -0.0324. The number of hydrogen-bond donors (Lipinski definition) is 2. The lowest BCUT2D eigenvalue weighted by Gasteiger charge is -2.19. The second kappa shape index (κ2) is 4.29. The molecule has 0 saturated heterocycles. The van der Waals surface area contributed by atoms with Gasteiger partial charge in [0.05, 0.1) is 12.0 Å². The maximum absolute atomic E-state index is 12.1. The Bertz CT molecular complexity index is 572. The van der Waals surface area contributed by atoms with Crippen LogP contribution < -0.4 is 5.32 Å². The third kappa shape index (κ3) is 2.01. The molecule has 0 bridgehead atoms. The van der Waals surface area contributed by atoms with Gasteiger partial charge in [-0.05, 0) is 19.8 Å². The van der Waals surface area contributed by atoms with Crippen molar-refractivity contribution in [3.63, 3.8) is 0 Å². The van der Waals surface area contributed by atoms with Gasteiger partial charge in [0.1, 0.15) is 5.76 Å². The number of carbonyl (C=O) groups excluding carboxylic acids is 1. The number of carbonyl (C=O) groups is 1. The van der Waals surface area contributed by atoms with Crippen molar-refractivity contribution in [3.05, 3.63) is 29.5 Å². The van der Waals surface area contributed by atoms with Crippen molar-refractivity contribution < 1.29 is 9.32 Å². The number of nitrogens with zero attached hydrogens (tertiary/aromatic N) is 2. The van der Waals surface area contributed by atoms with Crippen molar-refractivity contribution in [3.8, 4) is 0 Å². The second-order valence-corrected chi connectivity index (χ2v) is 4.58. The summed E-state index contributed by atoms with van der Waals surface area (Å²) in [6.45, 7) is 1.79. The Hall–Kier alpha value is -2.11. The Morgan fingerprint density at radius 1 is 1.61 bits per heavy atom. The van der Waals surface area contributed by atoms with E-state index in [0.717, 1.165) is 24.2 Å². The van der Waals surface area contributed by atoms with Gasteiger partial charge in [0, 0.05) is 24.1 Å². The summed E-state index contributed by atoms with van der Waals surface area (Å²) in [7, 11) is 0. The molecule has 1 unspecified atom stereocenters. The van der Waals surface area contributed by atoms with Crippen LogP contribution in [0, 0.1) is 12.8 Å². The number of rotatable bonds is 2. The van der Waals surface area contributed by atoms with Gasteiger partial charge in [0.25, 0.3) is 0 Å². The Morgan fingerprint density at radius 3 is 3.28 bits per heavy atom. The predicted molar refractivity (Wildman–Crippen MR) is 64.0 cm³/mol. The Morgan fingerprint density at radius 2 is 2.50 bits per heavy atom. The first-order chi connectivity index (χ1) is 8.72. The van der Waals surface area contributed by atoms with Crippen molar-refractivity contribution in [2.24, 2.45) is 5.92 Å². The number of aromatic amines is 1. The number of nitrogens with one attached hydrogen (secondary N) is 2. The quantitative estimate of drug-likeness (QED) is 0.840. The fourth-order valence-corrected chi connectivity index (χ4v) is 2.28. The van der Waals surface area contributed by atoms with E-state index in [4.69, 9.17) is 4.52 Å². The Balaban J connectivity index is 1.67. The predicted octanol–water partition coefficient (Wildman–Crippen LogP) is 1.45. The topological polar surface area (TPSA) is 83.8 Å². The van der Waals surface area contributed by atoms with Gasteiger partial charge >= 0.3 is 0 Å². The summed E-state index contributed by atoms with van der Waals surface area (Å²) in [5.41, 5.74) is 2.15. The molecular weight excluding hydrogens is 232 g/mol. The average molecular weight is 246 g/mol. The largest absolute Gasteiger partial charge is 0.360 e. The molecule has 0 aromatic carbocycles. The molecule has 18 heavy (non-hydrogen) atoms. The fraction of sp³-hybridized carbons (Fsp3) is 0.417. The van der Waals surface area contributed by atoms with Crippen molar-refractivity contribution in [2.45, 2.75) is 26.2 Å². The molecule has 0 saturated carbocycles. The van der Waals surface area contributed by atoms with Crippen molar-refractivity contribution in [1.82, 2.24) is 15.1 Å². The number of hydrogen-bond acceptors (Lipinski definition) is 4. The van der Waals surface area contributed by atoms with Crippen molar-refractivity contribution in [1.29, 1.82) is 0 Å². The lowest BCUT2D eigenvalue weighted by atomic mass is 9.89. The van der Waals surface area contributed by atoms with Crippen LogP contribution in [0.5, 0.6) is 0 Å². The first-order valence-corrected chi connectivity index (χ1v) is 5.97. The summed E-state index contributed by atoms with van der Waals surface area (Å²) in [5.74, 6) is 1.12. The van der Waals surface area contributed by atoms with E-state index in [1.54, 1.807) is 19.3 Å². The lowest BCUT2D eigenvalue weighted by Crippen LogP contribution is -2.28. The number of amides is 1. The summed E-state index contributed by atoms with van der Waals surface area (Å²) >= 11 is 0. The van der Waals surface area contributed by atoms with Gasteiger partial charge < -0.3 is 14.8 Å². The molecule has 3 rings (SSSR count). The van der Waals surface area contributed by atoms with Crippen LogP contribution in [0.15, 0.2) is 16.9 Å². The summed E-state index contributed by atoms with van der Waals surface area (Å²) < 4.78 is 4.92. The van der Waals surface area contributed by atoms with Crippen LogP contribution in [0.25, 0.3) is 0 Å². The van der Waals surface area contributed by atoms with Crippen molar-refractivity contribution in [2.75, 3.05) is 5.32 Å². The standard InChI is InChI=1S/C12H14N4O2/c1-7-4-11(16-18-7)15-12(17)8-2-3-9-10(5-8)14-6-13-9/h4,6,8H,2-3,5H2,1H3,(H,13,14)(H,15,16,17). The van der Waals surface area contributed by atoms with Crippen molar-refractivity contribution >= 4 is 11.7 Å².